The monoisotopic (exact) mass is 230 g/mol. The Hall–Kier alpha value is -1.77. The third kappa shape index (κ3) is 3.46. The number of nitrogens with one attached hydrogen (secondary N) is 2. The van der Waals surface area contributed by atoms with Gasteiger partial charge in [-0.05, 0) is 6.92 Å². The summed E-state index contributed by atoms with van der Waals surface area (Å²) in [6.07, 6.45) is 0. The topological polar surface area (TPSA) is 140 Å². The lowest BCUT2D eigenvalue weighted by Gasteiger charge is -2.06. The van der Waals surface area contributed by atoms with Crippen LogP contribution in [-0.2, 0) is 4.79 Å². The van der Waals surface area contributed by atoms with E-state index >= 15 is 0 Å². The van der Waals surface area contributed by atoms with Crippen LogP contribution in [0.5, 0.6) is 0 Å². The molecule has 15 heavy (non-hydrogen) atoms. The van der Waals surface area contributed by atoms with Crippen LogP contribution >= 0.6 is 11.8 Å². The molecule has 0 aromatic carbocycles. The maximum Gasteiger partial charge on any atom is 0.318 e. The van der Waals surface area contributed by atoms with E-state index in [4.69, 9.17) is 11.5 Å². The number of carbonyl (C=O) groups is 2. The van der Waals surface area contributed by atoms with Crippen molar-refractivity contribution in [1.82, 2.24) is 20.5 Å². The van der Waals surface area contributed by atoms with Crippen molar-refractivity contribution in [2.45, 2.75) is 17.3 Å². The number of nitrogens with zero attached hydrogens (tertiary/aromatic N) is 2. The Morgan fingerprint density at radius 3 is 2.73 bits per heavy atom. The Bertz CT molecular complexity index is 377. The van der Waals surface area contributed by atoms with Gasteiger partial charge in [0.1, 0.15) is 0 Å². The molecule has 1 rings (SSSR count). The van der Waals surface area contributed by atoms with Crippen LogP contribution in [0.25, 0.3) is 0 Å². The zero-order valence-corrected chi connectivity index (χ0v) is 8.67. The number of thioether (sulfide) groups is 1. The quantitative estimate of drug-likeness (QED) is 0.494. The van der Waals surface area contributed by atoms with Crippen LogP contribution < -0.4 is 16.8 Å². The molecule has 3 amide bonds. The second-order valence-corrected chi connectivity index (χ2v) is 3.92. The van der Waals surface area contributed by atoms with Crippen LogP contribution in [0, 0.1) is 0 Å². The number of nitrogens with two attached hydrogens (primary N) is 2. The second-order valence-electron chi connectivity index (χ2n) is 2.62. The minimum Gasteiger partial charge on any atom is -0.368 e. The number of primary amides is 1. The third-order valence-electron chi connectivity index (χ3n) is 1.38. The molecular weight excluding hydrogens is 220 g/mol. The highest BCUT2D eigenvalue weighted by Crippen LogP contribution is 2.19. The van der Waals surface area contributed by atoms with Crippen LogP contribution in [0.3, 0.4) is 0 Å². The normalized spacial score (nSPS) is 12.1. The molecule has 0 saturated heterocycles. The summed E-state index contributed by atoms with van der Waals surface area (Å²) in [4.78, 5) is 25.4. The molecule has 0 aliphatic heterocycles. The summed E-state index contributed by atoms with van der Waals surface area (Å²) in [5, 5.41) is 7.90. The van der Waals surface area contributed by atoms with Gasteiger partial charge in [-0.3, -0.25) is 10.1 Å². The number of hydrogen-bond acceptors (Lipinski definition) is 6. The van der Waals surface area contributed by atoms with Gasteiger partial charge in [0, 0.05) is 0 Å². The molecule has 0 unspecified atom stereocenters. The van der Waals surface area contributed by atoms with E-state index in [0.29, 0.717) is 5.16 Å². The van der Waals surface area contributed by atoms with Gasteiger partial charge in [-0.25, -0.2) is 9.89 Å². The predicted molar refractivity (Wildman–Crippen MR) is 53.8 cm³/mol. The Labute approximate surface area is 89.2 Å². The number of rotatable bonds is 3. The number of carbonyl (C=O) groups excluding carboxylic acids is 2. The van der Waals surface area contributed by atoms with Gasteiger partial charge >= 0.3 is 6.03 Å². The molecule has 6 N–H and O–H groups in total. The van der Waals surface area contributed by atoms with E-state index in [1.54, 1.807) is 6.92 Å². The number of aromatic nitrogens is 3. The van der Waals surface area contributed by atoms with Crippen LogP contribution in [0.4, 0.5) is 10.7 Å². The first-order valence-electron chi connectivity index (χ1n) is 3.94. The molecule has 8 nitrogen and oxygen atoms in total. The standard InChI is InChI=1S/C6H10N6O2S/c1-2(3(13)9-5(8)14)15-6-10-4(7)11-12-6/h2H,1H3,(H3,7,10,11,12)(H3,8,9,13,14)/t2-/m1/s1. The molecule has 1 aromatic heterocycles. The fourth-order valence-electron chi connectivity index (χ4n) is 0.746. The van der Waals surface area contributed by atoms with Gasteiger partial charge in [0.25, 0.3) is 0 Å². The molecule has 1 heterocycles. The van der Waals surface area contributed by atoms with Crippen molar-refractivity contribution in [2.24, 2.45) is 5.73 Å². The SMILES string of the molecule is C[C@@H](Sc1n[nH]c(N)n1)C(=O)NC(N)=O. The highest BCUT2D eigenvalue weighted by Gasteiger charge is 2.17. The summed E-state index contributed by atoms with van der Waals surface area (Å²) < 4.78 is 0. The summed E-state index contributed by atoms with van der Waals surface area (Å²) in [5.41, 5.74) is 10.1. The molecular formula is C6H10N6O2S. The first-order chi connectivity index (χ1) is 6.99. The maximum atomic E-state index is 11.2. The Morgan fingerprint density at radius 2 is 2.27 bits per heavy atom. The molecule has 0 spiro atoms. The van der Waals surface area contributed by atoms with Gasteiger partial charge in [0.15, 0.2) is 0 Å². The van der Waals surface area contributed by atoms with Gasteiger partial charge in [-0.1, -0.05) is 11.8 Å². The Kier molecular flexibility index (Phi) is 3.50. The number of hydrogen-bond donors (Lipinski definition) is 4. The van der Waals surface area contributed by atoms with Gasteiger partial charge in [0.05, 0.1) is 5.25 Å². The lowest BCUT2D eigenvalue weighted by molar-refractivity contribution is -0.119. The van der Waals surface area contributed by atoms with Gasteiger partial charge in [-0.2, -0.15) is 4.98 Å². The number of urea groups is 1. The highest BCUT2D eigenvalue weighted by atomic mass is 32.2. The summed E-state index contributed by atoms with van der Waals surface area (Å²) in [6.45, 7) is 1.59. The number of H-pyrrole nitrogens is 1. The van der Waals surface area contributed by atoms with E-state index in [1.807, 2.05) is 5.32 Å². The van der Waals surface area contributed by atoms with Crippen LogP contribution in [0.15, 0.2) is 5.16 Å². The van der Waals surface area contributed by atoms with E-state index < -0.39 is 17.2 Å². The first-order valence-corrected chi connectivity index (χ1v) is 4.82. The second kappa shape index (κ2) is 4.64. The van der Waals surface area contributed by atoms with Crippen molar-refractivity contribution in [3.05, 3.63) is 0 Å². The number of anilines is 1. The summed E-state index contributed by atoms with van der Waals surface area (Å²) in [5.74, 6) is -0.337. The predicted octanol–water partition coefficient (Wildman–Crippen LogP) is -0.938. The highest BCUT2D eigenvalue weighted by molar-refractivity contribution is 8.00. The average Bonchev–Trinajstić information content (AvgIpc) is 2.50. The Morgan fingerprint density at radius 1 is 1.60 bits per heavy atom. The van der Waals surface area contributed by atoms with E-state index in [2.05, 4.69) is 15.2 Å². The zero-order valence-electron chi connectivity index (χ0n) is 7.85. The van der Waals surface area contributed by atoms with Crippen molar-refractivity contribution >= 4 is 29.6 Å². The van der Waals surface area contributed by atoms with E-state index in [-0.39, 0.29) is 5.95 Å². The fourth-order valence-corrected chi connectivity index (χ4v) is 1.48. The molecule has 0 radical (unpaired) electrons. The van der Waals surface area contributed by atoms with Crippen molar-refractivity contribution < 1.29 is 9.59 Å². The molecule has 82 valence electrons. The van der Waals surface area contributed by atoms with Crippen LogP contribution in [0.1, 0.15) is 6.92 Å². The fraction of sp³-hybridized carbons (Fsp3) is 0.333. The lowest BCUT2D eigenvalue weighted by Crippen LogP contribution is -2.39. The zero-order chi connectivity index (χ0) is 11.4. The van der Waals surface area contributed by atoms with E-state index in [9.17, 15) is 9.59 Å². The van der Waals surface area contributed by atoms with E-state index in [0.717, 1.165) is 11.8 Å². The van der Waals surface area contributed by atoms with Crippen LogP contribution in [-0.4, -0.2) is 32.4 Å². The molecule has 0 saturated carbocycles. The number of nitrogen functional groups attached to an aromatic ring is 1. The minimum atomic E-state index is -0.887. The largest absolute Gasteiger partial charge is 0.368 e. The minimum absolute atomic E-state index is 0.167. The molecule has 1 atom stereocenters. The molecule has 9 heteroatoms. The lowest BCUT2D eigenvalue weighted by atomic mass is 10.4. The number of amides is 3. The molecule has 1 aromatic rings. The molecule has 0 aliphatic rings. The molecule has 0 fully saturated rings. The number of imide groups is 1. The van der Waals surface area contributed by atoms with Crippen molar-refractivity contribution in [3.63, 3.8) is 0 Å². The first kappa shape index (κ1) is 11.3. The van der Waals surface area contributed by atoms with E-state index in [1.165, 1.54) is 0 Å². The third-order valence-corrected chi connectivity index (χ3v) is 2.34. The van der Waals surface area contributed by atoms with Gasteiger partial charge in [-0.15, -0.1) is 5.10 Å². The van der Waals surface area contributed by atoms with Crippen molar-refractivity contribution in [3.8, 4) is 0 Å². The summed E-state index contributed by atoms with van der Waals surface area (Å²) in [7, 11) is 0. The summed E-state index contributed by atoms with van der Waals surface area (Å²) in [6, 6.07) is -0.887. The summed E-state index contributed by atoms with van der Waals surface area (Å²) >= 11 is 1.06. The van der Waals surface area contributed by atoms with Gasteiger partial charge < -0.3 is 11.5 Å². The molecule has 0 aliphatic carbocycles. The average molecular weight is 230 g/mol. The molecule has 0 bridgehead atoms. The number of aromatic amines is 1. The smallest absolute Gasteiger partial charge is 0.318 e. The van der Waals surface area contributed by atoms with Crippen LogP contribution in [0.2, 0.25) is 0 Å². The van der Waals surface area contributed by atoms with Crippen molar-refractivity contribution in [1.29, 1.82) is 0 Å². The van der Waals surface area contributed by atoms with Gasteiger partial charge in [0.2, 0.25) is 17.0 Å². The Balaban J connectivity index is 2.51. The van der Waals surface area contributed by atoms with Crippen molar-refractivity contribution in [2.75, 3.05) is 5.73 Å². The maximum absolute atomic E-state index is 11.2.